The maximum atomic E-state index is 5.03. The summed E-state index contributed by atoms with van der Waals surface area (Å²) in [6.07, 6.45) is 4.24. The Morgan fingerprint density at radius 3 is 3.28 bits per heavy atom. The summed E-state index contributed by atoms with van der Waals surface area (Å²) in [7, 11) is 1.73. The smallest absolute Gasteiger partial charge is 0.151 e. The summed E-state index contributed by atoms with van der Waals surface area (Å²) in [5, 5.41) is 11.6. The van der Waals surface area contributed by atoms with Crippen LogP contribution in [-0.4, -0.2) is 50.1 Å². The number of rotatable bonds is 6. The van der Waals surface area contributed by atoms with Gasteiger partial charge in [0.1, 0.15) is 0 Å². The predicted molar refractivity (Wildman–Crippen MR) is 71.7 cm³/mol. The van der Waals surface area contributed by atoms with E-state index in [1.54, 1.807) is 13.3 Å². The highest BCUT2D eigenvalue weighted by molar-refractivity contribution is 5.36. The average molecular weight is 250 g/mol. The molecule has 1 unspecified atom stereocenters. The molecular formula is C13H22N4O. The second kappa shape index (κ2) is 7.28. The molecule has 2 rings (SSSR count). The van der Waals surface area contributed by atoms with E-state index in [2.05, 4.69) is 20.4 Å². The molecule has 1 aromatic rings. The van der Waals surface area contributed by atoms with Gasteiger partial charge in [-0.2, -0.15) is 5.10 Å². The Morgan fingerprint density at radius 1 is 1.56 bits per heavy atom. The molecule has 2 heterocycles. The minimum Gasteiger partial charge on any atom is -0.383 e. The first kappa shape index (κ1) is 13.2. The second-order valence-corrected chi connectivity index (χ2v) is 4.73. The van der Waals surface area contributed by atoms with Crippen molar-refractivity contribution >= 4 is 5.82 Å². The van der Waals surface area contributed by atoms with E-state index in [1.165, 1.54) is 12.8 Å². The number of nitrogens with zero attached hydrogens (tertiary/aromatic N) is 3. The fourth-order valence-corrected chi connectivity index (χ4v) is 2.38. The predicted octanol–water partition coefficient (Wildman–Crippen LogP) is 0.929. The average Bonchev–Trinajstić information content (AvgIpc) is 2.45. The van der Waals surface area contributed by atoms with Crippen LogP contribution >= 0.6 is 0 Å². The molecule has 0 bridgehead atoms. The number of ether oxygens (including phenoxy) is 1. The zero-order valence-electron chi connectivity index (χ0n) is 11.0. The van der Waals surface area contributed by atoms with E-state index in [1.807, 2.05) is 12.1 Å². The van der Waals surface area contributed by atoms with Crippen LogP contribution in [0, 0.1) is 5.92 Å². The molecule has 5 nitrogen and oxygen atoms in total. The van der Waals surface area contributed by atoms with Gasteiger partial charge in [0, 0.05) is 32.9 Å². The maximum Gasteiger partial charge on any atom is 0.151 e. The lowest BCUT2D eigenvalue weighted by molar-refractivity contribution is 0.197. The molecule has 1 fully saturated rings. The zero-order valence-corrected chi connectivity index (χ0v) is 11.0. The summed E-state index contributed by atoms with van der Waals surface area (Å²) >= 11 is 0. The third-order valence-electron chi connectivity index (χ3n) is 3.32. The van der Waals surface area contributed by atoms with Gasteiger partial charge in [-0.1, -0.05) is 0 Å². The van der Waals surface area contributed by atoms with Crippen LogP contribution in [0.15, 0.2) is 18.3 Å². The van der Waals surface area contributed by atoms with Gasteiger partial charge in [-0.05, 0) is 37.4 Å². The van der Waals surface area contributed by atoms with Crippen molar-refractivity contribution in [1.82, 2.24) is 15.5 Å². The lowest BCUT2D eigenvalue weighted by Crippen LogP contribution is -2.40. The molecule has 0 radical (unpaired) electrons. The van der Waals surface area contributed by atoms with Crippen molar-refractivity contribution in [3.05, 3.63) is 18.3 Å². The topological polar surface area (TPSA) is 50.3 Å². The van der Waals surface area contributed by atoms with Crippen LogP contribution in [0.1, 0.15) is 12.8 Å². The van der Waals surface area contributed by atoms with Gasteiger partial charge in [0.2, 0.25) is 0 Å². The van der Waals surface area contributed by atoms with Crippen LogP contribution in [0.5, 0.6) is 0 Å². The number of hydrogen-bond donors (Lipinski definition) is 1. The van der Waals surface area contributed by atoms with E-state index in [4.69, 9.17) is 4.74 Å². The van der Waals surface area contributed by atoms with E-state index in [9.17, 15) is 0 Å². The van der Waals surface area contributed by atoms with Gasteiger partial charge < -0.3 is 15.0 Å². The molecule has 0 saturated carbocycles. The van der Waals surface area contributed by atoms with Gasteiger partial charge in [-0.25, -0.2) is 0 Å². The van der Waals surface area contributed by atoms with E-state index in [0.29, 0.717) is 5.92 Å². The Morgan fingerprint density at radius 2 is 2.50 bits per heavy atom. The van der Waals surface area contributed by atoms with Crippen LogP contribution < -0.4 is 10.2 Å². The highest BCUT2D eigenvalue weighted by atomic mass is 16.5. The second-order valence-electron chi connectivity index (χ2n) is 4.73. The lowest BCUT2D eigenvalue weighted by atomic mass is 9.98. The molecule has 1 aliphatic rings. The van der Waals surface area contributed by atoms with Gasteiger partial charge in [-0.15, -0.1) is 5.10 Å². The lowest BCUT2D eigenvalue weighted by Gasteiger charge is -2.33. The number of anilines is 1. The fraction of sp³-hybridized carbons (Fsp3) is 0.692. The molecule has 5 heteroatoms. The van der Waals surface area contributed by atoms with Crippen molar-refractivity contribution in [2.75, 3.05) is 44.8 Å². The number of aromatic nitrogens is 2. The van der Waals surface area contributed by atoms with Crippen LogP contribution in [0.3, 0.4) is 0 Å². The normalized spacial score (nSPS) is 20.1. The van der Waals surface area contributed by atoms with Gasteiger partial charge >= 0.3 is 0 Å². The van der Waals surface area contributed by atoms with Gasteiger partial charge in [0.15, 0.2) is 5.82 Å². The van der Waals surface area contributed by atoms with E-state index in [-0.39, 0.29) is 0 Å². The van der Waals surface area contributed by atoms with Gasteiger partial charge in [0.25, 0.3) is 0 Å². The number of nitrogens with one attached hydrogen (secondary N) is 1. The highest BCUT2D eigenvalue weighted by Gasteiger charge is 2.20. The fourth-order valence-electron chi connectivity index (χ4n) is 2.38. The molecular weight excluding hydrogens is 228 g/mol. The Hall–Kier alpha value is -1.20. The summed E-state index contributed by atoms with van der Waals surface area (Å²) < 4.78 is 5.03. The van der Waals surface area contributed by atoms with Crippen molar-refractivity contribution in [3.8, 4) is 0 Å². The first-order valence-corrected chi connectivity index (χ1v) is 6.62. The number of piperidine rings is 1. The van der Waals surface area contributed by atoms with Gasteiger partial charge in [0.05, 0.1) is 6.61 Å². The molecule has 0 aliphatic carbocycles. The molecule has 18 heavy (non-hydrogen) atoms. The van der Waals surface area contributed by atoms with Crippen LogP contribution in [0.4, 0.5) is 5.82 Å². The summed E-state index contributed by atoms with van der Waals surface area (Å²) in [5.74, 6) is 1.69. The summed E-state index contributed by atoms with van der Waals surface area (Å²) in [4.78, 5) is 2.33. The number of hydrogen-bond acceptors (Lipinski definition) is 5. The third-order valence-corrected chi connectivity index (χ3v) is 3.32. The minimum absolute atomic E-state index is 0.692. The first-order valence-electron chi connectivity index (χ1n) is 6.62. The standard InChI is InChI=1S/C13H22N4O/c1-18-9-7-14-10-12-4-3-8-17(11-12)13-5-2-6-15-16-13/h2,5-6,12,14H,3-4,7-11H2,1H3. The Labute approximate surface area is 109 Å². The van der Waals surface area contributed by atoms with Crippen molar-refractivity contribution < 1.29 is 4.74 Å². The molecule has 1 saturated heterocycles. The Bertz CT molecular complexity index is 333. The molecule has 1 N–H and O–H groups in total. The summed E-state index contributed by atoms with van der Waals surface area (Å²) in [5.41, 5.74) is 0. The summed E-state index contributed by atoms with van der Waals surface area (Å²) in [6.45, 7) is 4.92. The molecule has 0 aromatic carbocycles. The molecule has 1 aromatic heterocycles. The number of methoxy groups -OCH3 is 1. The zero-order chi connectivity index (χ0) is 12.6. The van der Waals surface area contributed by atoms with Crippen molar-refractivity contribution in [3.63, 3.8) is 0 Å². The third kappa shape index (κ3) is 3.92. The molecule has 0 amide bonds. The van der Waals surface area contributed by atoms with Crippen LogP contribution in [0.2, 0.25) is 0 Å². The van der Waals surface area contributed by atoms with E-state index >= 15 is 0 Å². The molecule has 100 valence electrons. The van der Waals surface area contributed by atoms with Crippen molar-refractivity contribution in [2.24, 2.45) is 5.92 Å². The minimum atomic E-state index is 0.692. The largest absolute Gasteiger partial charge is 0.383 e. The van der Waals surface area contributed by atoms with Crippen molar-refractivity contribution in [2.45, 2.75) is 12.8 Å². The monoisotopic (exact) mass is 250 g/mol. The van der Waals surface area contributed by atoms with E-state index < -0.39 is 0 Å². The first-order chi connectivity index (χ1) is 8.90. The highest BCUT2D eigenvalue weighted by Crippen LogP contribution is 2.20. The van der Waals surface area contributed by atoms with Gasteiger partial charge in [-0.3, -0.25) is 0 Å². The maximum absolute atomic E-state index is 5.03. The van der Waals surface area contributed by atoms with E-state index in [0.717, 1.165) is 38.6 Å². The SMILES string of the molecule is COCCNCC1CCCN(c2cccnn2)C1. The molecule has 1 atom stereocenters. The Kier molecular flexibility index (Phi) is 5.36. The van der Waals surface area contributed by atoms with Crippen LogP contribution in [-0.2, 0) is 4.74 Å². The van der Waals surface area contributed by atoms with Crippen molar-refractivity contribution in [1.29, 1.82) is 0 Å². The molecule has 1 aliphatic heterocycles. The quantitative estimate of drug-likeness (QED) is 0.761. The summed E-state index contributed by atoms with van der Waals surface area (Å²) in [6, 6.07) is 3.98. The van der Waals surface area contributed by atoms with Crippen LogP contribution in [0.25, 0.3) is 0 Å². The molecule has 0 spiro atoms. The Balaban J connectivity index is 1.78.